The monoisotopic (exact) mass is 986 g/mol. The van der Waals surface area contributed by atoms with Crippen molar-refractivity contribution in [2.24, 2.45) is 0 Å². The Morgan fingerprint density at radius 1 is 0.844 bits per heavy atom. The summed E-state index contributed by atoms with van der Waals surface area (Å²) in [6.07, 6.45) is 16.7. The third-order valence-electron chi connectivity index (χ3n) is 7.96. The zero-order valence-electron chi connectivity index (χ0n) is 27.2. The molecule has 228 valence electrons. The molecule has 6 heteroatoms. The molecule has 0 saturated carbocycles. The van der Waals surface area contributed by atoms with Gasteiger partial charge >= 0.3 is 305 Å². The van der Waals surface area contributed by atoms with Gasteiger partial charge in [-0.05, 0) is 0 Å². The topological polar surface area (TPSA) is 24.9 Å². The molecule has 0 aromatic heterocycles. The summed E-state index contributed by atoms with van der Waals surface area (Å²) in [5.41, 5.74) is 12.2. The minimum absolute atomic E-state index is 0.638. The average molecular weight is 985 g/mol. The molecule has 4 nitrogen and oxygen atoms in total. The number of ether oxygens (including phenoxy) is 1. The normalized spacial score (nSPS) is 15.6. The van der Waals surface area contributed by atoms with Gasteiger partial charge in [0, 0.05) is 0 Å². The second kappa shape index (κ2) is 17.2. The molecule has 6 radical (unpaired) electrons. The Labute approximate surface area is 302 Å². The second-order valence-electron chi connectivity index (χ2n) is 11.3. The van der Waals surface area contributed by atoms with Crippen LogP contribution < -0.4 is 12.5 Å². The number of hydrogen-bond acceptors (Lipinski definition) is 4. The van der Waals surface area contributed by atoms with E-state index in [1.165, 1.54) is 33.5 Å². The molecule has 1 aliphatic rings. The Balaban J connectivity index is 1.80. The van der Waals surface area contributed by atoms with Crippen LogP contribution in [0, 0.1) is 0 Å². The summed E-state index contributed by atoms with van der Waals surface area (Å²) >= 11 is 1.48. The van der Waals surface area contributed by atoms with Crippen LogP contribution in [0.15, 0.2) is 124 Å². The van der Waals surface area contributed by atoms with Crippen molar-refractivity contribution in [2.75, 3.05) is 45.1 Å². The Hall–Kier alpha value is -2.86. The van der Waals surface area contributed by atoms with Gasteiger partial charge in [0.25, 0.3) is 0 Å². The van der Waals surface area contributed by atoms with Gasteiger partial charge in [0.05, 0.1) is 0 Å². The minimum atomic E-state index is 0.638. The standard InChI is InChI=1S/C39H43N2O2.2Pb/c1-7-29(37-25-24-36(41(4)5)28-38(37)42)16-18-33-14-11-15-34(39(33)32-12-9-8-10-13-32)19-17-31(26-27-43-6)30-20-22-35(23-21-30)40(2)3;;/h7-10,12-13,16-26,28,42H,11,14-15H2,1-6H3;;/q;;+1/p-1/b18-16+,27-26?,29-7-,31-17+,34-19+;;. The molecule has 0 N–H and O–H groups in total. The van der Waals surface area contributed by atoms with E-state index >= 15 is 0 Å². The van der Waals surface area contributed by atoms with Crippen LogP contribution in [0.2, 0.25) is 0 Å². The number of benzene rings is 3. The molecule has 3 aromatic carbocycles. The van der Waals surface area contributed by atoms with Gasteiger partial charge in [-0.1, -0.05) is 0 Å². The van der Waals surface area contributed by atoms with Crippen LogP contribution in [0.1, 0.15) is 42.9 Å². The quantitative estimate of drug-likeness (QED) is 0.109. The van der Waals surface area contributed by atoms with Crippen molar-refractivity contribution in [1.29, 1.82) is 0 Å². The Morgan fingerprint density at radius 2 is 1.53 bits per heavy atom. The summed E-state index contributed by atoms with van der Waals surface area (Å²) in [4.78, 5) is 4.24. The van der Waals surface area contributed by atoms with Crippen LogP contribution in [0.5, 0.6) is 5.75 Å². The molecule has 0 atom stereocenters. The number of allylic oxidation sites excluding steroid dienone is 11. The molecule has 3 aromatic rings. The van der Waals surface area contributed by atoms with Crippen molar-refractivity contribution in [1.82, 2.24) is 0 Å². The Morgan fingerprint density at radius 3 is 2.16 bits per heavy atom. The van der Waals surface area contributed by atoms with Crippen LogP contribution in [0.3, 0.4) is 0 Å². The fourth-order valence-electron chi connectivity index (χ4n) is 5.45. The van der Waals surface area contributed by atoms with Gasteiger partial charge in [-0.2, -0.15) is 0 Å². The van der Waals surface area contributed by atoms with Crippen LogP contribution >= 0.6 is 0 Å². The van der Waals surface area contributed by atoms with Gasteiger partial charge in [-0.15, -0.1) is 0 Å². The SMILES string of the molecule is C/C=C(/C=C/C1=C(c2ccccc2)C(=C/C=C(\C=[C](\[Pb])OC)c2ccc(N(C)C)cc2)/CCC1)c1ccc(N(C)C)cc1[O][Pb]. The fourth-order valence-corrected chi connectivity index (χ4v) is 6.71. The molecule has 45 heavy (non-hydrogen) atoms. The van der Waals surface area contributed by atoms with E-state index in [0.29, 0.717) is 26.2 Å². The first-order valence-corrected chi connectivity index (χ1v) is 18.7. The molecule has 4 rings (SSSR count). The number of anilines is 2. The molecule has 0 aliphatic heterocycles. The van der Waals surface area contributed by atoms with Crippen molar-refractivity contribution in [3.8, 4) is 5.75 Å². The van der Waals surface area contributed by atoms with Crippen LogP contribution in [-0.4, -0.2) is 87.3 Å². The zero-order valence-corrected chi connectivity index (χ0v) is 35.0. The van der Waals surface area contributed by atoms with Gasteiger partial charge in [0.1, 0.15) is 0 Å². The zero-order chi connectivity index (χ0) is 32.3. The summed E-state index contributed by atoms with van der Waals surface area (Å²) in [6.45, 7) is 2.10. The third kappa shape index (κ3) is 9.34. The first-order valence-electron chi connectivity index (χ1n) is 15.2. The molecule has 0 saturated heterocycles. The van der Waals surface area contributed by atoms with Gasteiger partial charge in [-0.25, -0.2) is 0 Å². The van der Waals surface area contributed by atoms with Crippen molar-refractivity contribution in [2.45, 2.75) is 26.2 Å². The van der Waals surface area contributed by atoms with Crippen LogP contribution in [-0.2, 0) is 4.74 Å². The molecular formula is C39H42N2O2Pb2. The first kappa shape index (κ1) is 35.0. The third-order valence-corrected chi connectivity index (χ3v) is 10.2. The maximum atomic E-state index is 5.96. The molecule has 0 heterocycles. The molecule has 1 aliphatic carbocycles. The first-order chi connectivity index (χ1) is 21.7. The van der Waals surface area contributed by atoms with Crippen molar-refractivity contribution in [3.05, 3.63) is 140 Å². The number of hydrogen-bond donors (Lipinski definition) is 0. The second-order valence-corrected chi connectivity index (χ2v) is 14.1. The Kier molecular flexibility index (Phi) is 13.4. The molecule has 0 bridgehead atoms. The number of nitrogens with zero attached hydrogens (tertiary/aromatic N) is 2. The van der Waals surface area contributed by atoms with E-state index in [4.69, 9.17) is 7.42 Å². The predicted molar refractivity (Wildman–Crippen MR) is 195 cm³/mol. The summed E-state index contributed by atoms with van der Waals surface area (Å²) < 4.78 is 12.6. The van der Waals surface area contributed by atoms with Gasteiger partial charge in [0.15, 0.2) is 0 Å². The number of methoxy groups -OCH3 is 1. The van der Waals surface area contributed by atoms with E-state index < -0.39 is 0 Å². The van der Waals surface area contributed by atoms with Gasteiger partial charge in [-0.3, -0.25) is 0 Å². The van der Waals surface area contributed by atoms with Gasteiger partial charge < -0.3 is 0 Å². The maximum absolute atomic E-state index is 5.96. The van der Waals surface area contributed by atoms with Crippen molar-refractivity contribution < 1.29 is 7.42 Å². The Bertz CT molecular complexity index is 1640. The molecule has 0 amide bonds. The van der Waals surface area contributed by atoms with E-state index in [1.54, 1.807) is 7.11 Å². The van der Waals surface area contributed by atoms with E-state index in [1.807, 2.05) is 0 Å². The van der Waals surface area contributed by atoms with E-state index in [9.17, 15) is 0 Å². The fraction of sp³-hybridized carbons (Fsp3) is 0.231. The predicted octanol–water partition coefficient (Wildman–Crippen LogP) is 8.54. The van der Waals surface area contributed by atoms with E-state index in [-0.39, 0.29) is 0 Å². The van der Waals surface area contributed by atoms with E-state index in [0.717, 1.165) is 76.5 Å². The molecular weight excluding hydrogens is 943 g/mol. The van der Waals surface area contributed by atoms with Crippen molar-refractivity contribution >= 4 is 80.1 Å². The summed E-state index contributed by atoms with van der Waals surface area (Å²) in [7, 11) is 10.0. The van der Waals surface area contributed by atoms with Crippen LogP contribution in [0.4, 0.5) is 11.4 Å². The summed E-state index contributed by atoms with van der Waals surface area (Å²) in [5.74, 6) is 0.936. The van der Waals surface area contributed by atoms with E-state index in [2.05, 4.69) is 154 Å². The van der Waals surface area contributed by atoms with Gasteiger partial charge in [0.2, 0.25) is 0 Å². The van der Waals surface area contributed by atoms with Crippen LogP contribution in [0.25, 0.3) is 16.7 Å². The molecule has 0 spiro atoms. The molecule has 0 fully saturated rings. The van der Waals surface area contributed by atoms with Crippen molar-refractivity contribution in [3.63, 3.8) is 0 Å². The average Bonchev–Trinajstić information content (AvgIpc) is 3.07. The summed E-state index contributed by atoms with van der Waals surface area (Å²) in [5, 5.41) is 0. The molecule has 0 unspecified atom stereocenters. The number of rotatable bonds is 11. The summed E-state index contributed by atoms with van der Waals surface area (Å²) in [6, 6.07) is 26.0.